The maximum atomic E-state index is 5.26. The molecule has 1 N–H and O–H groups in total. The van der Waals surface area contributed by atoms with Crippen molar-refractivity contribution < 1.29 is 0 Å². The molecule has 0 unspecified atom stereocenters. The fourth-order valence-electron chi connectivity index (χ4n) is 2.01. The van der Waals surface area contributed by atoms with E-state index < -0.39 is 0 Å². The third kappa shape index (κ3) is 1.73. The fourth-order valence-corrected chi connectivity index (χ4v) is 2.27. The van der Waals surface area contributed by atoms with Crippen molar-refractivity contribution in [1.29, 1.82) is 0 Å². The number of nitrogens with zero attached hydrogens (tertiary/aromatic N) is 3. The summed E-state index contributed by atoms with van der Waals surface area (Å²) in [6.07, 6.45) is 2.65. The number of aromatic amines is 1. The molecule has 0 bridgehead atoms. The molecule has 90 valence electrons. The van der Waals surface area contributed by atoms with Gasteiger partial charge in [-0.3, -0.25) is 14.6 Å². The van der Waals surface area contributed by atoms with Gasteiger partial charge in [0, 0.05) is 11.8 Å². The number of hydrogen-bond acceptors (Lipinski definition) is 3. The van der Waals surface area contributed by atoms with Crippen molar-refractivity contribution in [2.75, 3.05) is 0 Å². The SMILES string of the molecule is CCc1n[nH]c(=S)n1-c1cnc2ccccc2c1. The Hall–Kier alpha value is -2.01. The summed E-state index contributed by atoms with van der Waals surface area (Å²) in [7, 11) is 0. The molecule has 5 heteroatoms. The largest absolute Gasteiger partial charge is 0.271 e. The number of fused-ring (bicyclic) bond motifs is 1. The van der Waals surface area contributed by atoms with Crippen LogP contribution >= 0.6 is 12.2 Å². The summed E-state index contributed by atoms with van der Waals surface area (Å²) in [6.45, 7) is 2.05. The van der Waals surface area contributed by atoms with E-state index in [4.69, 9.17) is 12.2 Å². The molecular weight excluding hydrogens is 244 g/mol. The van der Waals surface area contributed by atoms with Gasteiger partial charge in [-0.25, -0.2) is 0 Å². The standard InChI is InChI=1S/C13H12N4S/c1-2-12-15-16-13(18)17(12)10-7-9-5-3-4-6-11(9)14-8-10/h3-8H,2H2,1H3,(H,16,18). The Labute approximate surface area is 109 Å². The molecule has 18 heavy (non-hydrogen) atoms. The van der Waals surface area contributed by atoms with Crippen LogP contribution in [0.15, 0.2) is 36.5 Å². The lowest BCUT2D eigenvalue weighted by Crippen LogP contribution is -2.00. The molecule has 1 aromatic carbocycles. The molecule has 2 aromatic heterocycles. The Morgan fingerprint density at radius 1 is 1.33 bits per heavy atom. The second-order valence-corrected chi connectivity index (χ2v) is 4.41. The van der Waals surface area contributed by atoms with Crippen LogP contribution in [0.2, 0.25) is 0 Å². The van der Waals surface area contributed by atoms with Crippen LogP contribution < -0.4 is 0 Å². The first-order chi connectivity index (χ1) is 8.79. The van der Waals surface area contributed by atoms with Crippen LogP contribution in [-0.4, -0.2) is 19.7 Å². The highest BCUT2D eigenvalue weighted by Gasteiger charge is 2.07. The lowest BCUT2D eigenvalue weighted by atomic mass is 10.2. The highest BCUT2D eigenvalue weighted by Crippen LogP contribution is 2.17. The van der Waals surface area contributed by atoms with Gasteiger partial charge in [0.05, 0.1) is 17.4 Å². The molecule has 0 amide bonds. The normalized spacial score (nSPS) is 10.9. The van der Waals surface area contributed by atoms with Gasteiger partial charge in [0.1, 0.15) is 5.82 Å². The smallest absolute Gasteiger partial charge is 0.199 e. The molecule has 0 saturated heterocycles. The van der Waals surface area contributed by atoms with Gasteiger partial charge in [-0.05, 0) is 24.4 Å². The number of rotatable bonds is 2. The topological polar surface area (TPSA) is 46.5 Å². The zero-order valence-electron chi connectivity index (χ0n) is 9.92. The van der Waals surface area contributed by atoms with Crippen LogP contribution in [0.25, 0.3) is 16.6 Å². The van der Waals surface area contributed by atoms with Crippen molar-refractivity contribution in [3.05, 3.63) is 47.1 Å². The van der Waals surface area contributed by atoms with Gasteiger partial charge in [0.15, 0.2) is 4.77 Å². The fraction of sp³-hybridized carbons (Fsp3) is 0.154. The second-order valence-electron chi connectivity index (χ2n) is 4.02. The van der Waals surface area contributed by atoms with Crippen molar-refractivity contribution in [1.82, 2.24) is 19.7 Å². The maximum Gasteiger partial charge on any atom is 0.199 e. The molecule has 0 spiro atoms. The summed E-state index contributed by atoms with van der Waals surface area (Å²) < 4.78 is 2.53. The molecule has 3 rings (SSSR count). The molecular formula is C13H12N4S. The van der Waals surface area contributed by atoms with E-state index in [1.54, 1.807) is 0 Å². The van der Waals surface area contributed by atoms with Gasteiger partial charge in [-0.1, -0.05) is 25.1 Å². The molecule has 0 aliphatic rings. The summed E-state index contributed by atoms with van der Waals surface area (Å²) in [5.74, 6) is 0.914. The number of para-hydroxylation sites is 1. The number of aromatic nitrogens is 4. The summed E-state index contributed by atoms with van der Waals surface area (Å²) in [5.41, 5.74) is 1.93. The molecule has 0 saturated carbocycles. The predicted octanol–water partition coefficient (Wildman–Crippen LogP) is 3.04. The summed E-state index contributed by atoms with van der Waals surface area (Å²) in [5, 5.41) is 8.13. The predicted molar refractivity (Wildman–Crippen MR) is 73.4 cm³/mol. The molecule has 3 aromatic rings. The first kappa shape index (κ1) is 11.1. The minimum absolute atomic E-state index is 0.601. The Balaban J connectivity index is 2.25. The van der Waals surface area contributed by atoms with E-state index in [0.717, 1.165) is 28.8 Å². The van der Waals surface area contributed by atoms with Crippen molar-refractivity contribution in [2.24, 2.45) is 0 Å². The number of nitrogens with one attached hydrogen (secondary N) is 1. The zero-order chi connectivity index (χ0) is 12.5. The molecule has 0 radical (unpaired) electrons. The van der Waals surface area contributed by atoms with Crippen molar-refractivity contribution in [3.8, 4) is 5.69 Å². The Morgan fingerprint density at radius 2 is 2.17 bits per heavy atom. The van der Waals surface area contributed by atoms with E-state index in [1.165, 1.54) is 0 Å². The highest BCUT2D eigenvalue weighted by molar-refractivity contribution is 7.71. The van der Waals surface area contributed by atoms with Gasteiger partial charge >= 0.3 is 0 Å². The Kier molecular flexibility index (Phi) is 2.68. The monoisotopic (exact) mass is 256 g/mol. The molecule has 2 heterocycles. The van der Waals surface area contributed by atoms with E-state index >= 15 is 0 Å². The van der Waals surface area contributed by atoms with Gasteiger partial charge in [0.25, 0.3) is 0 Å². The lowest BCUT2D eigenvalue weighted by Gasteiger charge is -2.06. The van der Waals surface area contributed by atoms with E-state index in [0.29, 0.717) is 4.77 Å². The van der Waals surface area contributed by atoms with Gasteiger partial charge in [-0.15, -0.1) is 0 Å². The molecule has 0 aliphatic carbocycles. The first-order valence-electron chi connectivity index (χ1n) is 5.81. The lowest BCUT2D eigenvalue weighted by molar-refractivity contribution is 0.878. The third-order valence-corrected chi connectivity index (χ3v) is 3.17. The van der Waals surface area contributed by atoms with Gasteiger partial charge < -0.3 is 0 Å². The van der Waals surface area contributed by atoms with Crippen molar-refractivity contribution in [2.45, 2.75) is 13.3 Å². The van der Waals surface area contributed by atoms with Crippen LogP contribution in [0.3, 0.4) is 0 Å². The summed E-state index contributed by atoms with van der Waals surface area (Å²) in [6, 6.07) is 10.1. The first-order valence-corrected chi connectivity index (χ1v) is 6.22. The Morgan fingerprint density at radius 3 is 3.00 bits per heavy atom. The maximum absolute atomic E-state index is 5.26. The zero-order valence-corrected chi connectivity index (χ0v) is 10.7. The minimum atomic E-state index is 0.601. The van der Waals surface area contributed by atoms with E-state index in [9.17, 15) is 0 Å². The van der Waals surface area contributed by atoms with Crippen LogP contribution in [0.5, 0.6) is 0 Å². The quantitative estimate of drug-likeness (QED) is 0.717. The van der Waals surface area contributed by atoms with Gasteiger partial charge in [0.2, 0.25) is 0 Å². The van der Waals surface area contributed by atoms with Crippen molar-refractivity contribution in [3.63, 3.8) is 0 Å². The van der Waals surface area contributed by atoms with Crippen LogP contribution in [0.4, 0.5) is 0 Å². The van der Waals surface area contributed by atoms with E-state index in [1.807, 2.05) is 35.0 Å². The number of benzene rings is 1. The van der Waals surface area contributed by atoms with E-state index in [2.05, 4.69) is 28.2 Å². The van der Waals surface area contributed by atoms with E-state index in [-0.39, 0.29) is 0 Å². The van der Waals surface area contributed by atoms with Crippen LogP contribution in [0.1, 0.15) is 12.7 Å². The number of hydrogen-bond donors (Lipinski definition) is 1. The Bertz CT molecular complexity index is 757. The second kappa shape index (κ2) is 4.34. The third-order valence-electron chi connectivity index (χ3n) is 2.89. The average molecular weight is 256 g/mol. The number of H-pyrrole nitrogens is 1. The van der Waals surface area contributed by atoms with Crippen molar-refractivity contribution >= 4 is 23.1 Å². The summed E-state index contributed by atoms with van der Waals surface area (Å²) >= 11 is 5.26. The summed E-state index contributed by atoms with van der Waals surface area (Å²) in [4.78, 5) is 4.44. The number of pyridine rings is 1. The molecule has 4 nitrogen and oxygen atoms in total. The van der Waals surface area contributed by atoms with Crippen LogP contribution in [0, 0.1) is 4.77 Å². The van der Waals surface area contributed by atoms with Gasteiger partial charge in [-0.2, -0.15) is 5.10 Å². The van der Waals surface area contributed by atoms with Crippen LogP contribution in [-0.2, 0) is 6.42 Å². The molecule has 0 aliphatic heterocycles. The average Bonchev–Trinajstić information content (AvgIpc) is 2.79. The molecule has 0 fully saturated rings. The minimum Gasteiger partial charge on any atom is -0.271 e. The molecule has 0 atom stereocenters. The highest BCUT2D eigenvalue weighted by atomic mass is 32.1. The number of aryl methyl sites for hydroxylation is 1.